The zero-order chi connectivity index (χ0) is 13.0. The molecular weight excluding hydrogens is 264 g/mol. The fourth-order valence-corrected chi connectivity index (χ4v) is 3.48. The molecule has 0 saturated carbocycles. The van der Waals surface area contributed by atoms with Crippen molar-refractivity contribution < 1.29 is 0 Å². The third kappa shape index (κ3) is 3.51. The highest BCUT2D eigenvalue weighted by molar-refractivity contribution is 7.15. The second-order valence-corrected chi connectivity index (χ2v) is 6.25. The number of thiazole rings is 2. The second kappa shape index (κ2) is 6.26. The predicted octanol–water partition coefficient (Wildman–Crippen LogP) is 2.97. The Hall–Kier alpha value is -0.980. The number of aromatic nitrogens is 2. The van der Waals surface area contributed by atoms with Gasteiger partial charge in [0.05, 0.1) is 11.2 Å². The van der Waals surface area contributed by atoms with E-state index in [2.05, 4.69) is 41.1 Å². The molecule has 0 spiro atoms. The zero-order valence-corrected chi connectivity index (χ0v) is 12.6. The molecule has 1 N–H and O–H groups in total. The summed E-state index contributed by atoms with van der Waals surface area (Å²) in [5.41, 5.74) is 3.05. The average molecular weight is 282 g/mol. The lowest BCUT2D eigenvalue weighted by Gasteiger charge is -2.14. The van der Waals surface area contributed by atoms with Crippen molar-refractivity contribution in [1.82, 2.24) is 14.9 Å². The van der Waals surface area contributed by atoms with Crippen LogP contribution >= 0.6 is 22.7 Å². The van der Waals surface area contributed by atoms with Crippen LogP contribution in [-0.4, -0.2) is 28.5 Å². The summed E-state index contributed by atoms with van der Waals surface area (Å²) in [6.07, 6.45) is 1.96. The van der Waals surface area contributed by atoms with Crippen LogP contribution in [0.1, 0.15) is 22.4 Å². The molecule has 0 aliphatic carbocycles. The van der Waals surface area contributed by atoms with E-state index >= 15 is 0 Å². The average Bonchev–Trinajstić information content (AvgIpc) is 2.90. The first-order chi connectivity index (χ1) is 8.69. The smallest absolute Gasteiger partial charge is 0.182 e. The van der Waals surface area contributed by atoms with Crippen LogP contribution in [-0.2, 0) is 13.1 Å². The van der Waals surface area contributed by atoms with Gasteiger partial charge in [-0.05, 0) is 20.9 Å². The molecule has 0 atom stereocenters. The number of anilines is 1. The van der Waals surface area contributed by atoms with E-state index in [-0.39, 0.29) is 0 Å². The SMILES string of the molecule is CCNc1ncc(CN(C)Cc2scnc2C)s1. The third-order valence-corrected chi connectivity index (χ3v) is 4.43. The van der Waals surface area contributed by atoms with E-state index in [0.29, 0.717) is 0 Å². The van der Waals surface area contributed by atoms with Gasteiger partial charge in [0, 0.05) is 35.6 Å². The number of hydrogen-bond acceptors (Lipinski definition) is 6. The summed E-state index contributed by atoms with van der Waals surface area (Å²) < 4.78 is 0. The maximum Gasteiger partial charge on any atom is 0.182 e. The molecule has 2 rings (SSSR count). The molecule has 0 amide bonds. The largest absolute Gasteiger partial charge is 0.362 e. The van der Waals surface area contributed by atoms with Crippen molar-refractivity contribution >= 4 is 27.8 Å². The van der Waals surface area contributed by atoms with Crippen molar-refractivity contribution in [3.05, 3.63) is 27.2 Å². The first-order valence-electron chi connectivity index (χ1n) is 5.95. The summed E-state index contributed by atoms with van der Waals surface area (Å²) in [4.78, 5) is 13.5. The van der Waals surface area contributed by atoms with Crippen molar-refractivity contribution in [2.24, 2.45) is 0 Å². The fourth-order valence-electron chi connectivity index (χ4n) is 1.66. The molecule has 98 valence electrons. The lowest BCUT2D eigenvalue weighted by molar-refractivity contribution is 0.324. The van der Waals surface area contributed by atoms with Gasteiger partial charge in [-0.2, -0.15) is 0 Å². The highest BCUT2D eigenvalue weighted by atomic mass is 32.1. The first kappa shape index (κ1) is 13.5. The molecule has 0 saturated heterocycles. The molecule has 0 aromatic carbocycles. The van der Waals surface area contributed by atoms with Crippen LogP contribution in [0.15, 0.2) is 11.7 Å². The van der Waals surface area contributed by atoms with Crippen molar-refractivity contribution in [2.75, 3.05) is 18.9 Å². The van der Waals surface area contributed by atoms with Gasteiger partial charge >= 0.3 is 0 Å². The van der Waals surface area contributed by atoms with Gasteiger partial charge in [-0.25, -0.2) is 9.97 Å². The van der Waals surface area contributed by atoms with Crippen LogP contribution in [0.5, 0.6) is 0 Å². The Bertz CT molecular complexity index is 492. The van der Waals surface area contributed by atoms with Crippen molar-refractivity contribution in [3.63, 3.8) is 0 Å². The number of nitrogens with zero attached hydrogens (tertiary/aromatic N) is 3. The second-order valence-electron chi connectivity index (χ2n) is 4.20. The summed E-state index contributed by atoms with van der Waals surface area (Å²) in [7, 11) is 2.13. The molecule has 4 nitrogen and oxygen atoms in total. The Morgan fingerprint density at radius 3 is 2.83 bits per heavy atom. The topological polar surface area (TPSA) is 41.1 Å². The van der Waals surface area contributed by atoms with Crippen LogP contribution < -0.4 is 5.32 Å². The van der Waals surface area contributed by atoms with Gasteiger partial charge in [0.25, 0.3) is 0 Å². The van der Waals surface area contributed by atoms with E-state index in [0.717, 1.165) is 30.5 Å². The first-order valence-corrected chi connectivity index (χ1v) is 7.64. The van der Waals surface area contributed by atoms with E-state index in [1.165, 1.54) is 9.75 Å². The molecule has 0 aliphatic heterocycles. The van der Waals surface area contributed by atoms with Gasteiger partial charge in [-0.15, -0.1) is 22.7 Å². The van der Waals surface area contributed by atoms with Gasteiger partial charge in [0.15, 0.2) is 5.13 Å². The Morgan fingerprint density at radius 2 is 2.17 bits per heavy atom. The van der Waals surface area contributed by atoms with Crippen LogP contribution in [0.2, 0.25) is 0 Å². The number of rotatable bonds is 6. The minimum Gasteiger partial charge on any atom is -0.362 e. The Balaban J connectivity index is 1.90. The fraction of sp³-hybridized carbons (Fsp3) is 0.500. The molecule has 2 heterocycles. The predicted molar refractivity (Wildman–Crippen MR) is 78.3 cm³/mol. The van der Waals surface area contributed by atoms with Gasteiger partial charge in [0.1, 0.15) is 0 Å². The number of hydrogen-bond donors (Lipinski definition) is 1. The Kier molecular flexibility index (Phi) is 4.68. The molecule has 6 heteroatoms. The van der Waals surface area contributed by atoms with E-state index in [1.54, 1.807) is 22.7 Å². The summed E-state index contributed by atoms with van der Waals surface area (Å²) in [5.74, 6) is 0. The molecular formula is C12H18N4S2. The molecule has 0 radical (unpaired) electrons. The Labute approximate surface area is 116 Å². The Morgan fingerprint density at radius 1 is 1.33 bits per heavy atom. The summed E-state index contributed by atoms with van der Waals surface area (Å²) in [6.45, 7) is 6.95. The van der Waals surface area contributed by atoms with Gasteiger partial charge in [-0.3, -0.25) is 4.90 Å². The van der Waals surface area contributed by atoms with E-state index in [9.17, 15) is 0 Å². The van der Waals surface area contributed by atoms with Crippen molar-refractivity contribution in [3.8, 4) is 0 Å². The molecule has 0 aliphatic rings. The lowest BCUT2D eigenvalue weighted by Crippen LogP contribution is -2.16. The molecule has 18 heavy (non-hydrogen) atoms. The maximum atomic E-state index is 4.34. The van der Waals surface area contributed by atoms with Crippen LogP contribution in [0.3, 0.4) is 0 Å². The van der Waals surface area contributed by atoms with E-state index in [1.807, 2.05) is 11.7 Å². The quantitative estimate of drug-likeness (QED) is 0.884. The van der Waals surface area contributed by atoms with Crippen LogP contribution in [0, 0.1) is 6.92 Å². The van der Waals surface area contributed by atoms with Gasteiger partial charge < -0.3 is 5.32 Å². The highest BCUT2D eigenvalue weighted by Gasteiger charge is 2.08. The monoisotopic (exact) mass is 282 g/mol. The summed E-state index contributed by atoms with van der Waals surface area (Å²) in [6, 6.07) is 0. The molecule has 2 aromatic heterocycles. The normalized spacial score (nSPS) is 11.1. The molecule has 0 unspecified atom stereocenters. The minimum absolute atomic E-state index is 0.919. The lowest BCUT2D eigenvalue weighted by atomic mass is 10.3. The van der Waals surface area contributed by atoms with E-state index in [4.69, 9.17) is 0 Å². The number of nitrogens with one attached hydrogen (secondary N) is 1. The zero-order valence-electron chi connectivity index (χ0n) is 10.9. The summed E-state index contributed by atoms with van der Waals surface area (Å²) in [5, 5.41) is 4.25. The third-order valence-electron chi connectivity index (χ3n) is 2.57. The molecule has 0 fully saturated rings. The van der Waals surface area contributed by atoms with Crippen LogP contribution in [0.25, 0.3) is 0 Å². The maximum absolute atomic E-state index is 4.34. The summed E-state index contributed by atoms with van der Waals surface area (Å²) >= 11 is 3.45. The standard InChI is InChI=1S/C12H18N4S2/c1-4-13-12-14-5-10(18-12)6-16(3)7-11-9(2)15-8-17-11/h5,8H,4,6-7H2,1-3H3,(H,13,14). The highest BCUT2D eigenvalue weighted by Crippen LogP contribution is 2.21. The van der Waals surface area contributed by atoms with Crippen molar-refractivity contribution in [2.45, 2.75) is 26.9 Å². The van der Waals surface area contributed by atoms with E-state index < -0.39 is 0 Å². The van der Waals surface area contributed by atoms with Gasteiger partial charge in [0.2, 0.25) is 0 Å². The molecule has 2 aromatic rings. The number of aryl methyl sites for hydroxylation is 1. The van der Waals surface area contributed by atoms with Crippen molar-refractivity contribution in [1.29, 1.82) is 0 Å². The van der Waals surface area contributed by atoms with Crippen LogP contribution in [0.4, 0.5) is 5.13 Å². The molecule has 0 bridgehead atoms. The minimum atomic E-state index is 0.919. The van der Waals surface area contributed by atoms with Gasteiger partial charge in [-0.1, -0.05) is 0 Å².